The van der Waals surface area contributed by atoms with Crippen molar-refractivity contribution >= 4 is 11.0 Å². The molecule has 2 atom stereocenters. The van der Waals surface area contributed by atoms with E-state index >= 15 is 0 Å². The fraction of sp³-hybridized carbons (Fsp3) is 0.545. The van der Waals surface area contributed by atoms with Gasteiger partial charge in [-0.25, -0.2) is 8.51 Å². The van der Waals surface area contributed by atoms with Crippen molar-refractivity contribution in [3.63, 3.8) is 0 Å². The van der Waals surface area contributed by atoms with Crippen molar-refractivity contribution in [2.45, 2.75) is 23.1 Å². The largest absolute Gasteiger partial charge is 0.433 e. The molecule has 5 nitrogen and oxygen atoms in total. The Morgan fingerprint density at radius 2 is 2.20 bits per heavy atom. The van der Waals surface area contributed by atoms with E-state index in [1.165, 1.54) is 4.31 Å². The molecule has 3 N–H and O–H groups in total. The first-order chi connectivity index (χ1) is 9.25. The lowest BCUT2D eigenvalue weighted by molar-refractivity contribution is -0.141. The Hall–Kier alpha value is -1.03. The predicted octanol–water partition coefficient (Wildman–Crippen LogP) is 0.518. The number of nitrogens with zero attached hydrogens (tertiary/aromatic N) is 2. The average molecular weight is 309 g/mol. The van der Waals surface area contributed by atoms with Crippen LogP contribution in [0.2, 0.25) is 0 Å². The van der Waals surface area contributed by atoms with Crippen LogP contribution in [0.25, 0.3) is 0 Å². The molecule has 1 aliphatic heterocycles. The summed E-state index contributed by atoms with van der Waals surface area (Å²) in [6.07, 6.45) is -3.20. The number of nitrogens with two attached hydrogens (primary N) is 1. The fourth-order valence-corrected chi connectivity index (χ4v) is 3.17. The molecule has 2 heterocycles. The monoisotopic (exact) mass is 309 g/mol. The van der Waals surface area contributed by atoms with E-state index in [-0.39, 0.29) is 18.0 Å². The third-order valence-electron chi connectivity index (χ3n) is 3.14. The minimum atomic E-state index is -4.52. The zero-order valence-electron chi connectivity index (χ0n) is 10.4. The van der Waals surface area contributed by atoms with Crippen LogP contribution in [0.5, 0.6) is 0 Å². The first kappa shape index (κ1) is 15.4. The van der Waals surface area contributed by atoms with Crippen LogP contribution in [-0.2, 0) is 17.2 Å². The van der Waals surface area contributed by atoms with Gasteiger partial charge in [0.15, 0.2) is 0 Å². The summed E-state index contributed by atoms with van der Waals surface area (Å²) in [5.41, 5.74) is 3.31. The number of aromatic nitrogens is 1. The number of β-amino-alcohol motifs (C(OH)–C–C–N with tert-alkyl or cyclic N) is 1. The van der Waals surface area contributed by atoms with E-state index in [1.807, 2.05) is 0 Å². The highest BCUT2D eigenvalue weighted by Gasteiger charge is 2.38. The summed E-state index contributed by atoms with van der Waals surface area (Å²) < 4.78 is 50.8. The highest BCUT2D eigenvalue weighted by molar-refractivity contribution is 7.82. The van der Waals surface area contributed by atoms with Crippen molar-refractivity contribution in [3.8, 4) is 0 Å². The molecule has 0 bridgehead atoms. The molecule has 0 spiro atoms. The number of rotatable bonds is 3. The summed E-state index contributed by atoms with van der Waals surface area (Å²) in [7, 11) is -1.65. The van der Waals surface area contributed by atoms with Crippen molar-refractivity contribution < 1.29 is 22.5 Å². The van der Waals surface area contributed by atoms with Gasteiger partial charge in [0.1, 0.15) is 16.7 Å². The zero-order chi connectivity index (χ0) is 15.0. The number of hydrogen-bond donors (Lipinski definition) is 2. The van der Waals surface area contributed by atoms with Crippen LogP contribution in [0.15, 0.2) is 23.2 Å². The van der Waals surface area contributed by atoms with Gasteiger partial charge >= 0.3 is 6.18 Å². The Balaban J connectivity index is 2.11. The second kappa shape index (κ2) is 5.40. The molecule has 0 aliphatic carbocycles. The maximum Gasteiger partial charge on any atom is 0.433 e. The smallest absolute Gasteiger partial charge is 0.387 e. The minimum Gasteiger partial charge on any atom is -0.387 e. The summed E-state index contributed by atoms with van der Waals surface area (Å²) in [6.45, 7) is 0.532. The summed E-state index contributed by atoms with van der Waals surface area (Å²) in [5, 5.41) is 9.95. The van der Waals surface area contributed by atoms with Crippen molar-refractivity contribution in [2.24, 2.45) is 5.73 Å². The van der Waals surface area contributed by atoms with Gasteiger partial charge in [0.05, 0.1) is 10.5 Å². The molecule has 112 valence electrons. The molecule has 1 aromatic rings. The van der Waals surface area contributed by atoms with Gasteiger partial charge in [-0.05, 0) is 18.6 Å². The molecule has 1 aromatic heterocycles. The molecule has 9 heteroatoms. The fourth-order valence-electron chi connectivity index (χ4n) is 1.93. The summed E-state index contributed by atoms with van der Waals surface area (Å²) >= 11 is 0. The first-order valence-corrected chi connectivity index (χ1v) is 6.98. The SMILES string of the molecule is NCC1(O)CCN(S(=O)c2ccc(C(F)(F)F)nc2)C1. The van der Waals surface area contributed by atoms with Crippen LogP contribution in [0, 0.1) is 0 Å². The van der Waals surface area contributed by atoms with Gasteiger partial charge < -0.3 is 10.8 Å². The minimum absolute atomic E-state index is 0.0476. The summed E-state index contributed by atoms with van der Waals surface area (Å²) in [5.74, 6) is 0. The Labute approximate surface area is 116 Å². The average Bonchev–Trinajstić information content (AvgIpc) is 2.80. The first-order valence-electron chi connectivity index (χ1n) is 5.88. The highest BCUT2D eigenvalue weighted by atomic mass is 32.2. The number of pyridine rings is 1. The van der Waals surface area contributed by atoms with E-state index < -0.39 is 28.5 Å². The van der Waals surface area contributed by atoms with Crippen molar-refractivity contribution in [1.82, 2.24) is 9.29 Å². The molecule has 0 aromatic carbocycles. The van der Waals surface area contributed by atoms with E-state index in [0.717, 1.165) is 18.3 Å². The van der Waals surface area contributed by atoms with E-state index in [9.17, 15) is 22.5 Å². The second-order valence-corrected chi connectivity index (χ2v) is 6.15. The molecular formula is C11H14F3N3O2S. The van der Waals surface area contributed by atoms with Crippen LogP contribution in [0.4, 0.5) is 13.2 Å². The van der Waals surface area contributed by atoms with E-state index in [4.69, 9.17) is 5.73 Å². The number of hydrogen-bond acceptors (Lipinski definition) is 4. The number of alkyl halides is 3. The molecule has 2 rings (SSSR count). The normalized spacial score (nSPS) is 25.9. The molecule has 0 amide bonds. The molecule has 2 unspecified atom stereocenters. The van der Waals surface area contributed by atoms with Crippen LogP contribution in [0.3, 0.4) is 0 Å². The Kier molecular flexibility index (Phi) is 4.14. The van der Waals surface area contributed by atoms with Gasteiger partial charge in [0, 0.05) is 25.8 Å². The summed E-state index contributed by atoms with van der Waals surface area (Å²) in [4.78, 5) is 3.43. The Bertz CT molecular complexity index is 509. The molecule has 1 saturated heterocycles. The van der Waals surface area contributed by atoms with Crippen molar-refractivity contribution in [3.05, 3.63) is 24.0 Å². The lowest BCUT2D eigenvalue weighted by Gasteiger charge is -2.20. The van der Waals surface area contributed by atoms with Crippen molar-refractivity contribution in [1.29, 1.82) is 0 Å². The van der Waals surface area contributed by atoms with Crippen molar-refractivity contribution in [2.75, 3.05) is 19.6 Å². The lowest BCUT2D eigenvalue weighted by atomic mass is 10.1. The topological polar surface area (TPSA) is 79.5 Å². The molecular weight excluding hydrogens is 295 g/mol. The highest BCUT2D eigenvalue weighted by Crippen LogP contribution is 2.28. The second-order valence-electron chi connectivity index (χ2n) is 4.67. The quantitative estimate of drug-likeness (QED) is 0.853. The van der Waals surface area contributed by atoms with Gasteiger partial charge in [-0.3, -0.25) is 4.98 Å². The van der Waals surface area contributed by atoms with Gasteiger partial charge in [-0.1, -0.05) is 0 Å². The van der Waals surface area contributed by atoms with Gasteiger partial charge in [0.2, 0.25) is 0 Å². The van der Waals surface area contributed by atoms with E-state index in [1.54, 1.807) is 0 Å². The van der Waals surface area contributed by atoms with Crippen LogP contribution >= 0.6 is 0 Å². The number of aliphatic hydroxyl groups is 1. The molecule has 1 aliphatic rings. The maximum atomic E-state index is 12.4. The van der Waals surface area contributed by atoms with E-state index in [0.29, 0.717) is 13.0 Å². The summed E-state index contributed by atoms with van der Waals surface area (Å²) in [6, 6.07) is 1.92. The zero-order valence-corrected chi connectivity index (χ0v) is 11.2. The molecule has 1 fully saturated rings. The standard InChI is InChI=1S/C11H14F3N3O2S/c12-11(13,14)9-2-1-8(5-16-9)20(19)17-4-3-10(18,6-15)7-17/h1-2,5,18H,3-4,6-7,15H2. The van der Waals surface area contributed by atoms with Gasteiger partial charge in [-0.15, -0.1) is 0 Å². The van der Waals surface area contributed by atoms with Crippen LogP contribution in [-0.4, -0.2) is 43.8 Å². The van der Waals surface area contributed by atoms with Gasteiger partial charge in [0.25, 0.3) is 0 Å². The third kappa shape index (κ3) is 3.17. The maximum absolute atomic E-state index is 12.4. The third-order valence-corrected chi connectivity index (χ3v) is 4.57. The van der Waals surface area contributed by atoms with Gasteiger partial charge in [-0.2, -0.15) is 13.2 Å². The van der Waals surface area contributed by atoms with Crippen LogP contribution < -0.4 is 5.73 Å². The molecule has 20 heavy (non-hydrogen) atoms. The molecule has 0 saturated carbocycles. The van der Waals surface area contributed by atoms with E-state index in [2.05, 4.69) is 4.98 Å². The Morgan fingerprint density at radius 1 is 1.50 bits per heavy atom. The van der Waals surface area contributed by atoms with Crippen LogP contribution in [0.1, 0.15) is 12.1 Å². The lowest BCUT2D eigenvalue weighted by Crippen LogP contribution is -2.40. The molecule has 0 radical (unpaired) electrons. The predicted molar refractivity (Wildman–Crippen MR) is 65.8 cm³/mol. The number of halogens is 3. The Morgan fingerprint density at radius 3 is 2.65 bits per heavy atom.